The van der Waals surface area contributed by atoms with Crippen molar-refractivity contribution in [2.45, 2.75) is 4.90 Å². The van der Waals surface area contributed by atoms with Crippen LogP contribution < -0.4 is 4.72 Å². The summed E-state index contributed by atoms with van der Waals surface area (Å²) >= 11 is 0. The highest BCUT2D eigenvalue weighted by atomic mass is 32.2. The molecule has 0 spiro atoms. The van der Waals surface area contributed by atoms with Gasteiger partial charge in [0, 0.05) is 11.8 Å². The predicted octanol–water partition coefficient (Wildman–Crippen LogP) is 3.42. The van der Waals surface area contributed by atoms with E-state index in [9.17, 15) is 8.42 Å². The molecule has 6 heteroatoms. The topological polar surface area (TPSA) is 82.8 Å². The van der Waals surface area contributed by atoms with E-state index in [1.54, 1.807) is 24.4 Å². The second-order valence-electron chi connectivity index (χ2n) is 5.04. The molecule has 0 bridgehead atoms. The zero-order chi connectivity index (χ0) is 17.0. The van der Waals surface area contributed by atoms with E-state index in [0.717, 1.165) is 11.1 Å². The molecule has 2 aromatic carbocycles. The van der Waals surface area contributed by atoms with Gasteiger partial charge in [-0.3, -0.25) is 9.71 Å². The van der Waals surface area contributed by atoms with Gasteiger partial charge in [0.25, 0.3) is 10.0 Å². The molecule has 3 aromatic rings. The molecule has 118 valence electrons. The van der Waals surface area contributed by atoms with Gasteiger partial charge in [-0.1, -0.05) is 42.5 Å². The van der Waals surface area contributed by atoms with Crippen molar-refractivity contribution in [3.8, 4) is 17.2 Å². The van der Waals surface area contributed by atoms with E-state index < -0.39 is 10.0 Å². The summed E-state index contributed by atoms with van der Waals surface area (Å²) in [5.41, 5.74) is 2.16. The van der Waals surface area contributed by atoms with Crippen LogP contribution in [0.1, 0.15) is 5.56 Å². The Bertz CT molecular complexity index is 1010. The van der Waals surface area contributed by atoms with Crippen molar-refractivity contribution in [2.75, 3.05) is 4.72 Å². The Morgan fingerprint density at radius 3 is 2.38 bits per heavy atom. The maximum Gasteiger partial charge on any atom is 0.263 e. The Hall–Kier alpha value is -3.17. The molecule has 24 heavy (non-hydrogen) atoms. The smallest absolute Gasteiger partial charge is 0.263 e. The number of hydrogen-bond acceptors (Lipinski definition) is 4. The molecule has 0 fully saturated rings. The number of sulfonamides is 1. The monoisotopic (exact) mass is 335 g/mol. The number of aromatic nitrogens is 1. The average molecular weight is 335 g/mol. The van der Waals surface area contributed by atoms with Gasteiger partial charge in [-0.15, -0.1) is 0 Å². The van der Waals surface area contributed by atoms with Crippen LogP contribution in [-0.4, -0.2) is 13.4 Å². The Balaban J connectivity index is 1.96. The summed E-state index contributed by atoms with van der Waals surface area (Å²) in [6, 6.07) is 19.2. The fourth-order valence-electron chi connectivity index (χ4n) is 2.29. The van der Waals surface area contributed by atoms with E-state index in [1.165, 1.54) is 18.3 Å². The Kier molecular flexibility index (Phi) is 4.27. The Labute approximate surface area is 140 Å². The standard InChI is InChI=1S/C18H13N3O2S/c19-11-15-8-4-5-9-18(15)24(22,23)21-17-10-16(12-20-13-17)14-6-2-1-3-7-14/h1-10,12-13,21H. The van der Waals surface area contributed by atoms with Gasteiger partial charge in [0.15, 0.2) is 0 Å². The first-order valence-electron chi connectivity index (χ1n) is 7.12. The predicted molar refractivity (Wildman–Crippen MR) is 91.6 cm³/mol. The minimum absolute atomic E-state index is 0.0578. The van der Waals surface area contributed by atoms with Gasteiger partial charge in [-0.05, 0) is 23.8 Å². The fraction of sp³-hybridized carbons (Fsp3) is 0. The lowest BCUT2D eigenvalue weighted by Gasteiger charge is -2.10. The summed E-state index contributed by atoms with van der Waals surface area (Å²) in [7, 11) is -3.87. The van der Waals surface area contributed by atoms with E-state index in [4.69, 9.17) is 5.26 Å². The van der Waals surface area contributed by atoms with Crippen LogP contribution in [0.3, 0.4) is 0 Å². The maximum atomic E-state index is 12.5. The first kappa shape index (κ1) is 15.7. The van der Waals surface area contributed by atoms with E-state index in [2.05, 4.69) is 9.71 Å². The van der Waals surface area contributed by atoms with Crippen molar-refractivity contribution in [2.24, 2.45) is 0 Å². The van der Waals surface area contributed by atoms with E-state index in [1.807, 2.05) is 36.4 Å². The van der Waals surface area contributed by atoms with E-state index in [0.29, 0.717) is 5.69 Å². The quantitative estimate of drug-likeness (QED) is 0.792. The van der Waals surface area contributed by atoms with E-state index in [-0.39, 0.29) is 10.5 Å². The van der Waals surface area contributed by atoms with Gasteiger partial charge in [0.2, 0.25) is 0 Å². The number of pyridine rings is 1. The van der Waals surface area contributed by atoms with Crippen LogP contribution in [-0.2, 0) is 10.0 Å². The van der Waals surface area contributed by atoms with Gasteiger partial charge in [0.05, 0.1) is 17.4 Å². The third kappa shape index (κ3) is 3.26. The number of benzene rings is 2. The third-order valence-corrected chi connectivity index (χ3v) is 4.83. The molecule has 0 saturated heterocycles. The van der Waals surface area contributed by atoms with Crippen LogP contribution in [0.15, 0.2) is 78.0 Å². The highest BCUT2D eigenvalue weighted by molar-refractivity contribution is 7.92. The summed E-state index contributed by atoms with van der Waals surface area (Å²) in [4.78, 5) is 4.03. The lowest BCUT2D eigenvalue weighted by molar-refractivity contribution is 0.601. The van der Waals surface area contributed by atoms with Crippen LogP contribution in [0.2, 0.25) is 0 Å². The molecule has 1 aromatic heterocycles. The first-order valence-corrected chi connectivity index (χ1v) is 8.61. The Morgan fingerprint density at radius 2 is 1.62 bits per heavy atom. The van der Waals surface area contributed by atoms with Crippen LogP contribution in [0.5, 0.6) is 0 Å². The molecule has 0 unspecified atom stereocenters. The lowest BCUT2D eigenvalue weighted by atomic mass is 10.1. The number of rotatable bonds is 4. The van der Waals surface area contributed by atoms with Crippen molar-refractivity contribution in [3.63, 3.8) is 0 Å². The summed E-state index contributed by atoms with van der Waals surface area (Å²) in [5.74, 6) is 0. The van der Waals surface area contributed by atoms with Crippen LogP contribution in [0.25, 0.3) is 11.1 Å². The van der Waals surface area contributed by atoms with Crippen molar-refractivity contribution >= 4 is 15.7 Å². The molecule has 0 radical (unpaired) electrons. The summed E-state index contributed by atoms with van der Waals surface area (Å²) < 4.78 is 27.6. The molecule has 5 nitrogen and oxygen atoms in total. The van der Waals surface area contributed by atoms with Crippen LogP contribution in [0, 0.1) is 11.3 Å². The highest BCUT2D eigenvalue weighted by Gasteiger charge is 2.18. The van der Waals surface area contributed by atoms with Crippen molar-refractivity contribution in [1.29, 1.82) is 5.26 Å². The van der Waals surface area contributed by atoms with Gasteiger partial charge in [0.1, 0.15) is 11.0 Å². The molecule has 3 rings (SSSR count). The lowest BCUT2D eigenvalue weighted by Crippen LogP contribution is -2.14. The molecular formula is C18H13N3O2S. The van der Waals surface area contributed by atoms with E-state index >= 15 is 0 Å². The van der Waals surface area contributed by atoms with Crippen LogP contribution in [0.4, 0.5) is 5.69 Å². The molecule has 0 aliphatic rings. The highest BCUT2D eigenvalue weighted by Crippen LogP contribution is 2.23. The summed E-state index contributed by atoms with van der Waals surface area (Å²) in [6.07, 6.45) is 3.09. The fourth-order valence-corrected chi connectivity index (χ4v) is 3.48. The zero-order valence-electron chi connectivity index (χ0n) is 12.5. The number of nitriles is 1. The zero-order valence-corrected chi connectivity index (χ0v) is 13.4. The number of nitrogens with one attached hydrogen (secondary N) is 1. The normalized spacial score (nSPS) is 10.8. The molecule has 0 atom stereocenters. The second kappa shape index (κ2) is 6.52. The molecule has 1 N–H and O–H groups in total. The maximum absolute atomic E-state index is 12.5. The molecule has 0 aliphatic carbocycles. The molecule has 0 saturated carbocycles. The van der Waals surface area contributed by atoms with Gasteiger partial charge < -0.3 is 0 Å². The molecule has 0 amide bonds. The number of hydrogen-bond donors (Lipinski definition) is 1. The van der Waals surface area contributed by atoms with Crippen LogP contribution >= 0.6 is 0 Å². The summed E-state index contributed by atoms with van der Waals surface area (Å²) in [6.45, 7) is 0. The molecule has 0 aliphatic heterocycles. The SMILES string of the molecule is N#Cc1ccccc1S(=O)(=O)Nc1cncc(-c2ccccc2)c1. The van der Waals surface area contributed by atoms with Gasteiger partial charge in [-0.2, -0.15) is 5.26 Å². The minimum atomic E-state index is -3.87. The molecular weight excluding hydrogens is 322 g/mol. The second-order valence-corrected chi connectivity index (χ2v) is 6.69. The molecule has 1 heterocycles. The average Bonchev–Trinajstić information content (AvgIpc) is 2.62. The number of nitrogens with zero attached hydrogens (tertiary/aromatic N) is 2. The van der Waals surface area contributed by atoms with Gasteiger partial charge in [-0.25, -0.2) is 8.42 Å². The minimum Gasteiger partial charge on any atom is -0.278 e. The summed E-state index contributed by atoms with van der Waals surface area (Å²) in [5, 5.41) is 9.09. The van der Waals surface area contributed by atoms with Crippen molar-refractivity contribution < 1.29 is 8.42 Å². The third-order valence-electron chi connectivity index (χ3n) is 3.39. The van der Waals surface area contributed by atoms with Crippen molar-refractivity contribution in [3.05, 3.63) is 78.6 Å². The first-order chi connectivity index (χ1) is 11.6. The Morgan fingerprint density at radius 1 is 0.917 bits per heavy atom. The number of anilines is 1. The van der Waals surface area contributed by atoms with Gasteiger partial charge >= 0.3 is 0 Å². The largest absolute Gasteiger partial charge is 0.278 e. The van der Waals surface area contributed by atoms with Crippen molar-refractivity contribution in [1.82, 2.24) is 4.98 Å².